The fraction of sp³-hybridized carbons (Fsp3) is 0.533. The molecular formula is C15H23N3O. The van der Waals surface area contributed by atoms with Crippen LogP contribution in [-0.4, -0.2) is 37.7 Å². The molecule has 0 fully saturated rings. The van der Waals surface area contributed by atoms with Crippen LogP contribution < -0.4 is 10.1 Å². The number of likely N-dealkylation sites (N-methyl/N-ethyl adjacent to an activating group) is 1. The maximum Gasteiger partial charge on any atom is 0.174 e. The lowest BCUT2D eigenvalue weighted by Gasteiger charge is -2.32. The zero-order chi connectivity index (χ0) is 14.3. The first-order valence-electron chi connectivity index (χ1n) is 6.42. The average molecular weight is 261 g/mol. The smallest absolute Gasteiger partial charge is 0.174 e. The Morgan fingerprint density at radius 3 is 2.42 bits per heavy atom. The molecule has 0 bridgehead atoms. The van der Waals surface area contributed by atoms with Gasteiger partial charge in [0.05, 0.1) is 0 Å². The minimum atomic E-state index is 0.0919. The molecule has 0 aliphatic rings. The van der Waals surface area contributed by atoms with Gasteiger partial charge < -0.3 is 15.0 Å². The van der Waals surface area contributed by atoms with Crippen LogP contribution in [0.1, 0.15) is 19.4 Å². The first-order valence-corrected chi connectivity index (χ1v) is 6.42. The minimum Gasteiger partial charge on any atom is -0.479 e. The van der Waals surface area contributed by atoms with Crippen molar-refractivity contribution in [3.8, 4) is 11.8 Å². The van der Waals surface area contributed by atoms with Crippen molar-refractivity contribution < 1.29 is 4.74 Å². The third-order valence-corrected chi connectivity index (χ3v) is 3.32. The van der Waals surface area contributed by atoms with Crippen LogP contribution in [0.3, 0.4) is 0 Å². The summed E-state index contributed by atoms with van der Waals surface area (Å²) in [7, 11) is 4.17. The lowest BCUT2D eigenvalue weighted by molar-refractivity contribution is 0.190. The second kappa shape index (κ2) is 7.13. The van der Waals surface area contributed by atoms with E-state index in [1.54, 1.807) is 0 Å². The highest BCUT2D eigenvalue weighted by atomic mass is 16.5. The maximum absolute atomic E-state index is 8.43. The van der Waals surface area contributed by atoms with Gasteiger partial charge in [0.1, 0.15) is 11.8 Å². The summed E-state index contributed by atoms with van der Waals surface area (Å²) in [5.41, 5.74) is 1.34. The van der Waals surface area contributed by atoms with Crippen LogP contribution in [0.4, 0.5) is 0 Å². The summed E-state index contributed by atoms with van der Waals surface area (Å²) >= 11 is 0. The number of hydrogen-bond acceptors (Lipinski definition) is 4. The summed E-state index contributed by atoms with van der Waals surface area (Å²) in [6, 6.07) is 9.77. The van der Waals surface area contributed by atoms with Gasteiger partial charge in [-0.2, -0.15) is 5.26 Å². The van der Waals surface area contributed by atoms with Crippen molar-refractivity contribution in [3.05, 3.63) is 29.8 Å². The molecule has 0 radical (unpaired) electrons. The Balaban J connectivity index is 2.40. The monoisotopic (exact) mass is 261 g/mol. The molecule has 0 aromatic heterocycles. The highest BCUT2D eigenvalue weighted by Gasteiger charge is 2.19. The summed E-state index contributed by atoms with van der Waals surface area (Å²) in [6.45, 7) is 6.26. The topological polar surface area (TPSA) is 48.3 Å². The number of nitriles is 1. The Morgan fingerprint density at radius 1 is 1.26 bits per heavy atom. The number of nitrogens with one attached hydrogen (secondary N) is 1. The SMILES string of the molecule is CN(C)C(C)(C)CNCc1ccc(OCC#N)cc1. The Kier molecular flexibility index (Phi) is 5.81. The predicted molar refractivity (Wildman–Crippen MR) is 77.0 cm³/mol. The van der Waals surface area contributed by atoms with Crippen LogP contribution in [0.15, 0.2) is 24.3 Å². The lowest BCUT2D eigenvalue weighted by Crippen LogP contribution is -2.46. The van der Waals surface area contributed by atoms with Crippen LogP contribution in [0.25, 0.3) is 0 Å². The van der Waals surface area contributed by atoms with E-state index in [-0.39, 0.29) is 12.1 Å². The van der Waals surface area contributed by atoms with Crippen LogP contribution in [0.2, 0.25) is 0 Å². The lowest BCUT2D eigenvalue weighted by atomic mass is 10.0. The van der Waals surface area contributed by atoms with Crippen LogP contribution in [0.5, 0.6) is 5.75 Å². The molecule has 0 amide bonds. The highest BCUT2D eigenvalue weighted by Crippen LogP contribution is 2.12. The summed E-state index contributed by atoms with van der Waals surface area (Å²) in [5, 5.41) is 11.9. The number of nitrogens with zero attached hydrogens (tertiary/aromatic N) is 2. The van der Waals surface area contributed by atoms with E-state index in [0.717, 1.165) is 18.8 Å². The Bertz CT molecular complexity index is 418. The Hall–Kier alpha value is -1.57. The maximum atomic E-state index is 8.43. The molecule has 1 aromatic carbocycles. The van der Waals surface area contributed by atoms with E-state index in [0.29, 0.717) is 0 Å². The molecule has 1 N–H and O–H groups in total. The van der Waals surface area contributed by atoms with Crippen molar-refractivity contribution in [1.29, 1.82) is 5.26 Å². The second-order valence-electron chi connectivity index (χ2n) is 5.40. The molecule has 0 heterocycles. The zero-order valence-electron chi connectivity index (χ0n) is 12.2. The molecule has 0 aliphatic carbocycles. The molecule has 0 spiro atoms. The Labute approximate surface area is 116 Å². The second-order valence-corrected chi connectivity index (χ2v) is 5.40. The molecule has 104 valence electrons. The van der Waals surface area contributed by atoms with Crippen molar-refractivity contribution in [2.75, 3.05) is 27.2 Å². The third kappa shape index (κ3) is 5.29. The van der Waals surface area contributed by atoms with Crippen LogP contribution in [-0.2, 0) is 6.54 Å². The van der Waals surface area contributed by atoms with Gasteiger partial charge in [-0.3, -0.25) is 0 Å². The first-order chi connectivity index (χ1) is 8.95. The van der Waals surface area contributed by atoms with E-state index >= 15 is 0 Å². The molecular weight excluding hydrogens is 238 g/mol. The predicted octanol–water partition coefficient (Wildman–Crippen LogP) is 2.02. The molecule has 4 nitrogen and oxygen atoms in total. The first kappa shape index (κ1) is 15.5. The van der Waals surface area contributed by atoms with Gasteiger partial charge in [0.25, 0.3) is 0 Å². The summed E-state index contributed by atoms with van der Waals surface area (Å²) in [5.74, 6) is 0.735. The fourth-order valence-electron chi connectivity index (χ4n) is 1.49. The van der Waals surface area contributed by atoms with Gasteiger partial charge in [-0.25, -0.2) is 0 Å². The number of hydrogen-bond donors (Lipinski definition) is 1. The molecule has 0 unspecified atom stereocenters. The Morgan fingerprint density at radius 2 is 1.89 bits per heavy atom. The van der Waals surface area contributed by atoms with Gasteiger partial charge in [0.15, 0.2) is 6.61 Å². The molecule has 0 saturated carbocycles. The van der Waals surface area contributed by atoms with Crippen molar-refractivity contribution >= 4 is 0 Å². The average Bonchev–Trinajstić information content (AvgIpc) is 2.37. The number of rotatable bonds is 7. The van der Waals surface area contributed by atoms with E-state index in [4.69, 9.17) is 10.00 Å². The van der Waals surface area contributed by atoms with Gasteiger partial charge in [-0.05, 0) is 45.6 Å². The van der Waals surface area contributed by atoms with E-state index in [1.807, 2.05) is 30.3 Å². The van der Waals surface area contributed by atoms with E-state index < -0.39 is 0 Å². The minimum absolute atomic E-state index is 0.0919. The number of benzene rings is 1. The standard InChI is InChI=1S/C15H23N3O/c1-15(2,18(3)4)12-17-11-13-5-7-14(8-6-13)19-10-9-16/h5-8,17H,10-12H2,1-4H3. The van der Waals surface area contributed by atoms with E-state index in [1.165, 1.54) is 5.56 Å². The molecule has 1 rings (SSSR count). The van der Waals surface area contributed by atoms with Crippen molar-refractivity contribution in [2.45, 2.75) is 25.9 Å². The number of ether oxygens (including phenoxy) is 1. The summed E-state index contributed by atoms with van der Waals surface area (Å²) < 4.78 is 5.21. The van der Waals surface area contributed by atoms with Crippen LogP contribution >= 0.6 is 0 Å². The molecule has 4 heteroatoms. The molecule has 0 atom stereocenters. The van der Waals surface area contributed by atoms with Crippen molar-refractivity contribution in [2.24, 2.45) is 0 Å². The van der Waals surface area contributed by atoms with Gasteiger partial charge in [-0.15, -0.1) is 0 Å². The van der Waals surface area contributed by atoms with Crippen molar-refractivity contribution in [1.82, 2.24) is 10.2 Å². The summed E-state index contributed by atoms with van der Waals surface area (Å²) in [6.07, 6.45) is 0. The van der Waals surface area contributed by atoms with Gasteiger partial charge in [0, 0.05) is 18.6 Å². The van der Waals surface area contributed by atoms with Gasteiger partial charge >= 0.3 is 0 Å². The van der Waals surface area contributed by atoms with E-state index in [2.05, 4.69) is 38.2 Å². The van der Waals surface area contributed by atoms with Gasteiger partial charge in [0.2, 0.25) is 0 Å². The zero-order valence-corrected chi connectivity index (χ0v) is 12.2. The van der Waals surface area contributed by atoms with Crippen LogP contribution in [0, 0.1) is 11.3 Å². The van der Waals surface area contributed by atoms with E-state index in [9.17, 15) is 0 Å². The highest BCUT2D eigenvalue weighted by molar-refractivity contribution is 5.27. The van der Waals surface area contributed by atoms with Gasteiger partial charge in [-0.1, -0.05) is 12.1 Å². The largest absolute Gasteiger partial charge is 0.479 e. The third-order valence-electron chi connectivity index (χ3n) is 3.32. The van der Waals surface area contributed by atoms with Crippen molar-refractivity contribution in [3.63, 3.8) is 0 Å². The molecule has 1 aromatic rings. The normalized spacial score (nSPS) is 11.4. The summed E-state index contributed by atoms with van der Waals surface area (Å²) in [4.78, 5) is 2.21. The molecule has 0 saturated heterocycles. The quantitative estimate of drug-likeness (QED) is 0.816. The molecule has 0 aliphatic heterocycles. The molecule has 19 heavy (non-hydrogen) atoms. The fourth-order valence-corrected chi connectivity index (χ4v) is 1.49.